The van der Waals surface area contributed by atoms with E-state index >= 15 is 0 Å². The van der Waals surface area contributed by atoms with E-state index in [1.807, 2.05) is 48.5 Å². The number of benzene rings is 2. The Balaban J connectivity index is 1.29. The molecule has 1 saturated heterocycles. The number of aromatic nitrogens is 1. The van der Waals surface area contributed by atoms with E-state index in [1.165, 1.54) is 7.11 Å². The second kappa shape index (κ2) is 16.3. The number of methoxy groups -OCH3 is 2. The first-order valence-electron chi connectivity index (χ1n) is 17.0. The molecule has 49 heavy (non-hydrogen) atoms. The number of alkyl carbamates (subject to hydrolysis) is 1. The fraction of sp³-hybridized carbons (Fsp3) is 0.447. The van der Waals surface area contributed by atoms with Gasteiger partial charge in [-0.2, -0.15) is 0 Å². The SMILES string of the molecule is CCN1CCN(Cc2cc(Oc3ccc(NC(=O)NCC4=C(COC)C(NC(=O)OC)CC(C(C)(C)C)=C4)c4ccccc34)ccn2)CC1. The number of nitrogens with zero attached hydrogens (tertiary/aromatic N) is 3. The molecule has 3 N–H and O–H groups in total. The van der Waals surface area contributed by atoms with Gasteiger partial charge in [-0.1, -0.05) is 63.6 Å². The van der Waals surface area contributed by atoms with Gasteiger partial charge in [0.2, 0.25) is 0 Å². The molecular weight excluding hydrogens is 620 g/mol. The van der Waals surface area contributed by atoms with Gasteiger partial charge in [0.1, 0.15) is 11.5 Å². The molecule has 0 bridgehead atoms. The molecule has 2 aromatic carbocycles. The Bertz CT molecular complexity index is 1690. The number of hydrogen-bond acceptors (Lipinski definition) is 8. The van der Waals surface area contributed by atoms with Crippen LogP contribution >= 0.6 is 0 Å². The molecule has 1 aliphatic carbocycles. The number of nitrogens with one attached hydrogen (secondary N) is 3. The van der Waals surface area contributed by atoms with Crippen molar-refractivity contribution in [1.29, 1.82) is 0 Å². The summed E-state index contributed by atoms with van der Waals surface area (Å²) in [6, 6.07) is 14.8. The fourth-order valence-electron chi connectivity index (χ4n) is 6.34. The number of carbonyl (C=O) groups is 2. The number of likely N-dealkylation sites (N-methyl/N-ethyl adjacent to an activating group) is 1. The Morgan fingerprint density at radius 2 is 1.71 bits per heavy atom. The highest BCUT2D eigenvalue weighted by Gasteiger charge is 2.30. The number of hydrogen-bond donors (Lipinski definition) is 3. The quantitative estimate of drug-likeness (QED) is 0.217. The zero-order chi connectivity index (χ0) is 35.0. The first kappa shape index (κ1) is 35.8. The lowest BCUT2D eigenvalue weighted by Crippen LogP contribution is -2.45. The van der Waals surface area contributed by atoms with Crippen molar-refractivity contribution in [3.8, 4) is 11.5 Å². The summed E-state index contributed by atoms with van der Waals surface area (Å²) in [5.74, 6) is 1.41. The number of amides is 3. The third-order valence-electron chi connectivity index (χ3n) is 9.23. The standard InChI is InChI=1S/C38H50N6O5/c1-7-43-16-18-44(19-17-43)24-28-22-29(14-15-39-28)49-35-13-12-33(30-10-8-9-11-31(30)35)41-36(45)40-23-26-20-27(38(2,3)4)21-34(32(26)25-47-5)42-37(46)48-6/h8-15,20,22,34H,7,16-19,21,23-25H2,1-6H3,(H,42,46)(H2,40,41,45). The molecule has 0 saturated carbocycles. The Hall–Kier alpha value is -4.45. The number of ether oxygens (including phenoxy) is 3. The predicted octanol–water partition coefficient (Wildman–Crippen LogP) is 6.33. The molecule has 3 amide bonds. The van der Waals surface area contributed by atoms with E-state index in [9.17, 15) is 9.59 Å². The van der Waals surface area contributed by atoms with Crippen molar-refractivity contribution in [3.05, 3.63) is 83.2 Å². The average molecular weight is 671 g/mol. The van der Waals surface area contributed by atoms with E-state index in [1.54, 1.807) is 13.3 Å². The average Bonchev–Trinajstić information content (AvgIpc) is 3.09. The van der Waals surface area contributed by atoms with Crippen molar-refractivity contribution in [2.24, 2.45) is 5.41 Å². The summed E-state index contributed by atoms with van der Waals surface area (Å²) in [5, 5.41) is 10.7. The first-order chi connectivity index (χ1) is 23.6. The zero-order valence-corrected chi connectivity index (χ0v) is 29.6. The van der Waals surface area contributed by atoms with Gasteiger partial charge < -0.3 is 35.1 Å². The van der Waals surface area contributed by atoms with Crippen LogP contribution in [0.4, 0.5) is 15.3 Å². The molecule has 2 heterocycles. The maximum atomic E-state index is 13.3. The third-order valence-corrected chi connectivity index (χ3v) is 9.23. The van der Waals surface area contributed by atoms with Crippen LogP contribution in [0.5, 0.6) is 11.5 Å². The van der Waals surface area contributed by atoms with Crippen molar-refractivity contribution < 1.29 is 23.8 Å². The topological polar surface area (TPSA) is 117 Å². The van der Waals surface area contributed by atoms with Crippen LogP contribution in [0.15, 0.2) is 77.5 Å². The van der Waals surface area contributed by atoms with Gasteiger partial charge in [-0.15, -0.1) is 0 Å². The summed E-state index contributed by atoms with van der Waals surface area (Å²) in [6.07, 6.45) is 4.03. The van der Waals surface area contributed by atoms with Crippen molar-refractivity contribution in [2.75, 3.05) is 65.4 Å². The van der Waals surface area contributed by atoms with Gasteiger partial charge in [-0.3, -0.25) is 9.88 Å². The number of piperazine rings is 1. The van der Waals surface area contributed by atoms with Gasteiger partial charge in [0.15, 0.2) is 0 Å². The van der Waals surface area contributed by atoms with Crippen LogP contribution in [-0.4, -0.2) is 93.0 Å². The van der Waals surface area contributed by atoms with Gasteiger partial charge in [0.25, 0.3) is 0 Å². The Morgan fingerprint density at radius 3 is 2.41 bits per heavy atom. The molecule has 5 rings (SSSR count). The molecule has 0 radical (unpaired) electrons. The van der Waals surface area contributed by atoms with E-state index in [2.05, 4.69) is 64.5 Å². The smallest absolute Gasteiger partial charge is 0.407 e. The summed E-state index contributed by atoms with van der Waals surface area (Å²) < 4.78 is 16.8. The molecule has 3 aromatic rings. The molecule has 0 spiro atoms. The van der Waals surface area contributed by atoms with Crippen LogP contribution < -0.4 is 20.7 Å². The molecule has 1 aliphatic heterocycles. The van der Waals surface area contributed by atoms with E-state index in [0.717, 1.165) is 78.2 Å². The van der Waals surface area contributed by atoms with Crippen molar-refractivity contribution >= 4 is 28.6 Å². The maximum absolute atomic E-state index is 13.3. The molecule has 1 aromatic heterocycles. The Morgan fingerprint density at radius 1 is 0.980 bits per heavy atom. The predicted molar refractivity (Wildman–Crippen MR) is 193 cm³/mol. The van der Waals surface area contributed by atoms with E-state index in [0.29, 0.717) is 24.5 Å². The van der Waals surface area contributed by atoms with Gasteiger partial charge in [0, 0.05) is 69.4 Å². The Kier molecular flexibility index (Phi) is 11.9. The zero-order valence-electron chi connectivity index (χ0n) is 29.6. The number of carbonyl (C=O) groups excluding carboxylic acids is 2. The summed E-state index contributed by atoms with van der Waals surface area (Å²) in [6.45, 7) is 15.3. The van der Waals surface area contributed by atoms with E-state index in [4.69, 9.17) is 14.2 Å². The number of fused-ring (bicyclic) bond motifs is 1. The van der Waals surface area contributed by atoms with Gasteiger partial charge in [-0.25, -0.2) is 9.59 Å². The maximum Gasteiger partial charge on any atom is 0.407 e. The number of pyridine rings is 1. The number of anilines is 1. The lowest BCUT2D eigenvalue weighted by atomic mass is 9.76. The molecule has 262 valence electrons. The molecule has 1 atom stereocenters. The minimum atomic E-state index is -0.511. The van der Waals surface area contributed by atoms with Gasteiger partial charge in [-0.05, 0) is 47.7 Å². The van der Waals surface area contributed by atoms with Crippen LogP contribution in [0.3, 0.4) is 0 Å². The highest BCUT2D eigenvalue weighted by Crippen LogP contribution is 2.37. The van der Waals surface area contributed by atoms with Crippen molar-refractivity contribution in [3.63, 3.8) is 0 Å². The summed E-state index contributed by atoms with van der Waals surface area (Å²) in [4.78, 5) is 35.0. The van der Waals surface area contributed by atoms with Gasteiger partial charge >= 0.3 is 12.1 Å². The lowest BCUT2D eigenvalue weighted by Gasteiger charge is -2.34. The molecule has 1 fully saturated rings. The Labute approximate surface area is 289 Å². The molecule has 1 unspecified atom stereocenters. The molecule has 11 nitrogen and oxygen atoms in total. The summed E-state index contributed by atoms with van der Waals surface area (Å²) in [5.41, 5.74) is 4.44. The van der Waals surface area contributed by atoms with E-state index in [-0.39, 0.29) is 24.0 Å². The van der Waals surface area contributed by atoms with E-state index < -0.39 is 6.09 Å². The highest BCUT2D eigenvalue weighted by atomic mass is 16.5. The summed E-state index contributed by atoms with van der Waals surface area (Å²) in [7, 11) is 2.96. The summed E-state index contributed by atoms with van der Waals surface area (Å²) >= 11 is 0. The molecular formula is C38H50N6O5. The number of rotatable bonds is 11. The van der Waals surface area contributed by atoms with Gasteiger partial charge in [0.05, 0.1) is 31.1 Å². The largest absolute Gasteiger partial charge is 0.457 e. The second-order valence-corrected chi connectivity index (χ2v) is 13.6. The lowest BCUT2D eigenvalue weighted by molar-refractivity contribution is 0.131. The van der Waals surface area contributed by atoms with Crippen molar-refractivity contribution in [2.45, 2.75) is 46.7 Å². The van der Waals surface area contributed by atoms with Crippen molar-refractivity contribution in [1.82, 2.24) is 25.4 Å². The minimum absolute atomic E-state index is 0.132. The highest BCUT2D eigenvalue weighted by molar-refractivity contribution is 6.04. The third kappa shape index (κ3) is 9.38. The van der Waals surface area contributed by atoms with Crippen LogP contribution in [0, 0.1) is 5.41 Å². The second-order valence-electron chi connectivity index (χ2n) is 13.6. The normalized spacial score (nSPS) is 17.4. The minimum Gasteiger partial charge on any atom is -0.457 e. The monoisotopic (exact) mass is 670 g/mol. The van der Waals surface area contributed by atoms with Crippen LogP contribution in [0.2, 0.25) is 0 Å². The first-order valence-corrected chi connectivity index (χ1v) is 17.0. The molecule has 11 heteroatoms. The fourth-order valence-corrected chi connectivity index (χ4v) is 6.34. The molecule has 2 aliphatic rings. The van der Waals surface area contributed by atoms with Crippen LogP contribution in [-0.2, 0) is 16.0 Å². The van der Waals surface area contributed by atoms with Crippen LogP contribution in [0.25, 0.3) is 10.8 Å². The van der Waals surface area contributed by atoms with Crippen LogP contribution in [0.1, 0.15) is 39.8 Å². The number of urea groups is 1.